The summed E-state index contributed by atoms with van der Waals surface area (Å²) in [6, 6.07) is 1.92. The molecule has 0 saturated carbocycles. The first-order chi connectivity index (χ1) is 6.68. The molecule has 0 saturated heterocycles. The van der Waals surface area contributed by atoms with Crippen LogP contribution < -0.4 is 0 Å². The van der Waals surface area contributed by atoms with Crippen molar-refractivity contribution in [3.8, 4) is 0 Å². The molecule has 3 N–H and O–H groups in total. The van der Waals surface area contributed by atoms with Gasteiger partial charge >= 0.3 is 0 Å². The van der Waals surface area contributed by atoms with Crippen LogP contribution in [0.1, 0.15) is 0 Å². The highest BCUT2D eigenvalue weighted by Gasteiger charge is 2.24. The van der Waals surface area contributed by atoms with Crippen LogP contribution in [0.5, 0.6) is 0 Å². The Kier molecular flexibility index (Phi) is 6.38. The van der Waals surface area contributed by atoms with E-state index in [1.165, 1.54) is 18.6 Å². The van der Waals surface area contributed by atoms with Gasteiger partial charge in [0.05, 0.1) is 8.07 Å². The largest absolute Gasteiger partial charge is 0.411 e. The molecule has 0 radical (unpaired) electrons. The van der Waals surface area contributed by atoms with Crippen molar-refractivity contribution in [2.75, 3.05) is 0 Å². The lowest BCUT2D eigenvalue weighted by Gasteiger charge is -2.20. The zero-order chi connectivity index (χ0) is 10.9. The molecule has 0 fully saturated rings. The van der Waals surface area contributed by atoms with Crippen molar-refractivity contribution in [2.24, 2.45) is 15.5 Å². The lowest BCUT2D eigenvalue weighted by Crippen LogP contribution is -2.31. The minimum Gasteiger partial charge on any atom is -0.411 e. The maximum Gasteiger partial charge on any atom is 0.0670 e. The van der Waals surface area contributed by atoms with Gasteiger partial charge in [-0.3, -0.25) is 0 Å². The third kappa shape index (κ3) is 5.30. The zero-order valence-corrected chi connectivity index (χ0v) is 9.04. The molecule has 0 atom stereocenters. The number of rotatable bonds is 6. The fourth-order valence-electron chi connectivity index (χ4n) is 1.03. The van der Waals surface area contributed by atoms with E-state index < -0.39 is 8.07 Å². The molecule has 0 bridgehead atoms. The van der Waals surface area contributed by atoms with Gasteiger partial charge in [0.15, 0.2) is 0 Å². The fraction of sp³-hybridized carbons (Fsp3) is 0.571. The summed E-state index contributed by atoms with van der Waals surface area (Å²) in [5, 5.41) is 33.7. The van der Waals surface area contributed by atoms with Crippen LogP contribution in [0.4, 0.5) is 0 Å². The molecule has 80 valence electrons. The second-order valence-corrected chi connectivity index (χ2v) is 8.16. The quantitative estimate of drug-likeness (QED) is 0.272. The van der Waals surface area contributed by atoms with E-state index >= 15 is 0 Å². The molecule has 0 aliphatic rings. The summed E-state index contributed by atoms with van der Waals surface area (Å²) in [7, 11) is -1.74. The van der Waals surface area contributed by atoms with Gasteiger partial charge in [0.1, 0.15) is 0 Å². The van der Waals surface area contributed by atoms with Gasteiger partial charge in [-0.05, 0) is 18.1 Å². The molecule has 0 heterocycles. The smallest absolute Gasteiger partial charge is 0.0670 e. The minimum absolute atomic E-state index is 0.640. The Labute approximate surface area is 83.2 Å². The van der Waals surface area contributed by atoms with Crippen molar-refractivity contribution in [3.63, 3.8) is 0 Å². The maximum atomic E-state index is 8.31. The number of hydrogen-bond donors (Lipinski definition) is 3. The third-order valence-electron chi connectivity index (χ3n) is 2.00. The normalized spacial score (nSPS) is 13.5. The van der Waals surface area contributed by atoms with Crippen molar-refractivity contribution < 1.29 is 15.6 Å². The molecule has 0 aromatic rings. The summed E-state index contributed by atoms with van der Waals surface area (Å²) >= 11 is 0. The SMILES string of the molecule is C[Si](C/C=N/O)(C/C=N/O)C/C=N/O. The van der Waals surface area contributed by atoms with Crippen molar-refractivity contribution >= 4 is 26.7 Å². The van der Waals surface area contributed by atoms with Crippen LogP contribution in [-0.4, -0.2) is 42.3 Å². The molecule has 0 aromatic carbocycles. The van der Waals surface area contributed by atoms with Crippen LogP contribution in [-0.2, 0) is 0 Å². The van der Waals surface area contributed by atoms with E-state index in [2.05, 4.69) is 15.5 Å². The first kappa shape index (κ1) is 12.6. The van der Waals surface area contributed by atoms with E-state index in [-0.39, 0.29) is 0 Å². The Hall–Kier alpha value is -1.37. The second kappa shape index (κ2) is 7.07. The van der Waals surface area contributed by atoms with E-state index in [0.29, 0.717) is 18.1 Å². The van der Waals surface area contributed by atoms with Crippen molar-refractivity contribution in [2.45, 2.75) is 24.7 Å². The number of oxime groups is 3. The molecule has 6 nitrogen and oxygen atoms in total. The average molecular weight is 217 g/mol. The molecule has 0 unspecified atom stereocenters. The van der Waals surface area contributed by atoms with Crippen molar-refractivity contribution in [1.82, 2.24) is 0 Å². The summed E-state index contributed by atoms with van der Waals surface area (Å²) in [4.78, 5) is 0. The molecule has 0 aliphatic carbocycles. The third-order valence-corrected chi connectivity index (χ3v) is 5.50. The molecule has 0 spiro atoms. The highest BCUT2D eigenvalue weighted by molar-refractivity contribution is 6.84. The predicted molar refractivity (Wildman–Crippen MR) is 56.9 cm³/mol. The summed E-state index contributed by atoms with van der Waals surface area (Å²) in [6.45, 7) is 2.04. The van der Waals surface area contributed by atoms with Gasteiger partial charge in [-0.15, -0.1) is 15.5 Å². The lowest BCUT2D eigenvalue weighted by atomic mass is 10.8. The Bertz CT molecular complexity index is 194. The van der Waals surface area contributed by atoms with E-state index in [9.17, 15) is 0 Å². The van der Waals surface area contributed by atoms with Crippen LogP contribution >= 0.6 is 0 Å². The predicted octanol–water partition coefficient (Wildman–Crippen LogP) is 1.44. The van der Waals surface area contributed by atoms with E-state index in [1.54, 1.807) is 0 Å². The molecular formula is C7H15N3O3Si. The fourth-order valence-corrected chi connectivity index (χ4v) is 3.10. The van der Waals surface area contributed by atoms with Gasteiger partial charge in [0.25, 0.3) is 0 Å². The first-order valence-electron chi connectivity index (χ1n) is 4.16. The minimum atomic E-state index is -1.74. The monoisotopic (exact) mass is 217 g/mol. The van der Waals surface area contributed by atoms with Gasteiger partial charge in [-0.25, -0.2) is 0 Å². The topological polar surface area (TPSA) is 97.8 Å². The van der Waals surface area contributed by atoms with Crippen molar-refractivity contribution in [1.29, 1.82) is 0 Å². The zero-order valence-electron chi connectivity index (χ0n) is 8.04. The van der Waals surface area contributed by atoms with E-state index in [0.717, 1.165) is 0 Å². The standard InChI is InChI=1S/C7H15N3O3Si/c1-14(5-2-8-11,6-3-9-12)7-4-10-13/h2-4,11-13H,5-7H2,1H3/b8-2+,9-3+,10-4+. The Morgan fingerprint density at radius 3 is 1.36 bits per heavy atom. The summed E-state index contributed by atoms with van der Waals surface area (Å²) in [5.74, 6) is 0. The molecule has 0 rings (SSSR count). The highest BCUT2D eigenvalue weighted by Crippen LogP contribution is 2.17. The van der Waals surface area contributed by atoms with E-state index in [1.807, 2.05) is 6.55 Å². The Morgan fingerprint density at radius 2 is 1.14 bits per heavy atom. The summed E-state index contributed by atoms with van der Waals surface area (Å²) in [5.41, 5.74) is 0. The van der Waals surface area contributed by atoms with Crippen molar-refractivity contribution in [3.05, 3.63) is 0 Å². The van der Waals surface area contributed by atoms with Crippen LogP contribution in [0, 0.1) is 0 Å². The molecule has 0 amide bonds. The van der Waals surface area contributed by atoms with Gasteiger partial charge < -0.3 is 15.6 Å². The van der Waals surface area contributed by atoms with Gasteiger partial charge in [0.2, 0.25) is 0 Å². The Morgan fingerprint density at radius 1 is 0.857 bits per heavy atom. The second-order valence-electron chi connectivity index (χ2n) is 3.32. The summed E-state index contributed by atoms with van der Waals surface area (Å²) in [6.07, 6.45) is 4.26. The summed E-state index contributed by atoms with van der Waals surface area (Å²) < 4.78 is 0. The number of nitrogens with zero attached hydrogens (tertiary/aromatic N) is 3. The lowest BCUT2D eigenvalue weighted by molar-refractivity contribution is 0.321. The highest BCUT2D eigenvalue weighted by atomic mass is 28.3. The van der Waals surface area contributed by atoms with Crippen LogP contribution in [0.2, 0.25) is 24.7 Å². The van der Waals surface area contributed by atoms with Crippen LogP contribution in [0.15, 0.2) is 15.5 Å². The van der Waals surface area contributed by atoms with Gasteiger partial charge in [0, 0.05) is 18.6 Å². The molecule has 14 heavy (non-hydrogen) atoms. The molecule has 7 heteroatoms. The maximum absolute atomic E-state index is 8.31. The average Bonchev–Trinajstić information content (AvgIpc) is 2.21. The molecule has 0 aliphatic heterocycles. The van der Waals surface area contributed by atoms with Gasteiger partial charge in [-0.2, -0.15) is 0 Å². The van der Waals surface area contributed by atoms with Gasteiger partial charge in [-0.1, -0.05) is 6.55 Å². The van der Waals surface area contributed by atoms with Crippen LogP contribution in [0.25, 0.3) is 0 Å². The first-order valence-corrected chi connectivity index (χ1v) is 7.28. The molecule has 0 aromatic heterocycles. The Balaban J connectivity index is 4.30. The number of hydrogen-bond acceptors (Lipinski definition) is 6. The van der Waals surface area contributed by atoms with E-state index in [4.69, 9.17) is 15.6 Å². The molecular weight excluding hydrogens is 202 g/mol. The van der Waals surface area contributed by atoms with Crippen LogP contribution in [0.3, 0.4) is 0 Å².